The van der Waals surface area contributed by atoms with Gasteiger partial charge in [0, 0.05) is 54.6 Å². The van der Waals surface area contributed by atoms with Crippen LogP contribution in [0.1, 0.15) is 0 Å². The van der Waals surface area contributed by atoms with Gasteiger partial charge in [-0.1, -0.05) is 115 Å². The van der Waals surface area contributed by atoms with Gasteiger partial charge in [0.15, 0.2) is 0 Å². The number of hydrogen-bond donors (Lipinski definition) is 0. The molecule has 4 aromatic heterocycles. The molecule has 0 fully saturated rings. The Kier molecular flexibility index (Phi) is 6.09. The van der Waals surface area contributed by atoms with Crippen molar-refractivity contribution in [3.63, 3.8) is 0 Å². The summed E-state index contributed by atoms with van der Waals surface area (Å²) in [6.07, 6.45) is 3.66. The number of fused-ring (bicyclic) bond motifs is 12. The van der Waals surface area contributed by atoms with Gasteiger partial charge in [-0.15, -0.1) is 11.3 Å². The number of para-hydroxylation sites is 3. The second kappa shape index (κ2) is 11.0. The van der Waals surface area contributed by atoms with Crippen LogP contribution in [-0.2, 0) is 0 Å². The second-order valence-electron chi connectivity index (χ2n) is 13.0. The predicted octanol–water partition coefficient (Wildman–Crippen LogP) is 12.4. The Morgan fingerprint density at radius 2 is 0.941 bits per heavy atom. The van der Waals surface area contributed by atoms with E-state index in [0.717, 1.165) is 21.6 Å². The molecule has 7 aromatic carbocycles. The SMILES string of the molecule is c1ccc(-c2cc(-c3ccccc3)cc(-n3c4ccccc4c4c5sc6ncncc6c5c5c(c6ccccc6n5-c5ccccc5)c43)c2)cc1. The molecule has 0 N–H and O–H groups in total. The molecule has 5 heteroatoms. The molecule has 51 heavy (non-hydrogen) atoms. The lowest BCUT2D eigenvalue weighted by molar-refractivity contribution is 1.18. The van der Waals surface area contributed by atoms with Crippen molar-refractivity contribution in [2.45, 2.75) is 0 Å². The van der Waals surface area contributed by atoms with Crippen LogP contribution < -0.4 is 0 Å². The summed E-state index contributed by atoms with van der Waals surface area (Å²) in [7, 11) is 0. The topological polar surface area (TPSA) is 35.6 Å². The number of nitrogens with zero attached hydrogens (tertiary/aromatic N) is 4. The summed E-state index contributed by atoms with van der Waals surface area (Å²) in [5.41, 5.74) is 11.7. The first-order chi connectivity index (χ1) is 25.3. The van der Waals surface area contributed by atoms with E-state index in [1.54, 1.807) is 17.7 Å². The molecule has 0 spiro atoms. The molecular weight excluding hydrogens is 641 g/mol. The Balaban J connectivity index is 1.41. The molecule has 0 atom stereocenters. The third-order valence-electron chi connectivity index (χ3n) is 10.2. The second-order valence-corrected chi connectivity index (χ2v) is 14.0. The van der Waals surface area contributed by atoms with Crippen LogP contribution in [-0.4, -0.2) is 19.1 Å². The van der Waals surface area contributed by atoms with E-state index < -0.39 is 0 Å². The minimum absolute atomic E-state index is 0.993. The number of benzene rings is 7. The Labute approximate surface area is 297 Å². The van der Waals surface area contributed by atoms with E-state index in [2.05, 4.69) is 172 Å². The normalized spacial score (nSPS) is 11.9. The van der Waals surface area contributed by atoms with Gasteiger partial charge in [0.05, 0.1) is 22.1 Å². The molecule has 11 aromatic rings. The van der Waals surface area contributed by atoms with E-state index in [4.69, 9.17) is 4.98 Å². The van der Waals surface area contributed by atoms with Crippen LogP contribution in [0.2, 0.25) is 0 Å². The average Bonchev–Trinajstić information content (AvgIpc) is 3.87. The summed E-state index contributed by atoms with van der Waals surface area (Å²) in [5.74, 6) is 0. The van der Waals surface area contributed by atoms with E-state index in [1.807, 2.05) is 6.20 Å². The first-order valence-corrected chi connectivity index (χ1v) is 18.0. The van der Waals surface area contributed by atoms with Crippen LogP contribution in [0.25, 0.3) is 97.5 Å². The highest BCUT2D eigenvalue weighted by atomic mass is 32.1. The third-order valence-corrected chi connectivity index (χ3v) is 11.4. The summed E-state index contributed by atoms with van der Waals surface area (Å²) < 4.78 is 6.19. The fourth-order valence-electron chi connectivity index (χ4n) is 8.12. The first kappa shape index (κ1) is 28.3. The van der Waals surface area contributed by atoms with Crippen molar-refractivity contribution in [1.29, 1.82) is 0 Å². The van der Waals surface area contributed by atoms with Crippen molar-refractivity contribution in [3.8, 4) is 33.6 Å². The van der Waals surface area contributed by atoms with E-state index in [0.29, 0.717) is 0 Å². The van der Waals surface area contributed by atoms with Gasteiger partial charge in [0.2, 0.25) is 0 Å². The zero-order chi connectivity index (χ0) is 33.5. The quantitative estimate of drug-likeness (QED) is 0.187. The molecule has 0 bridgehead atoms. The van der Waals surface area contributed by atoms with Crippen molar-refractivity contribution in [3.05, 3.63) is 170 Å². The summed E-state index contributed by atoms with van der Waals surface area (Å²) in [5, 5.41) is 7.19. The Bertz CT molecular complexity index is 3060. The Morgan fingerprint density at radius 3 is 1.57 bits per heavy atom. The molecule has 0 amide bonds. The molecule has 4 nitrogen and oxygen atoms in total. The fourth-order valence-corrected chi connectivity index (χ4v) is 9.30. The number of thiophene rings is 1. The third kappa shape index (κ3) is 4.13. The van der Waals surface area contributed by atoms with Gasteiger partial charge >= 0.3 is 0 Å². The zero-order valence-electron chi connectivity index (χ0n) is 27.4. The number of hydrogen-bond acceptors (Lipinski definition) is 3. The molecule has 0 aliphatic carbocycles. The van der Waals surface area contributed by atoms with Gasteiger partial charge in [-0.2, -0.15) is 0 Å². The van der Waals surface area contributed by atoms with Crippen molar-refractivity contribution in [2.75, 3.05) is 0 Å². The van der Waals surface area contributed by atoms with Crippen LogP contribution in [0.3, 0.4) is 0 Å². The van der Waals surface area contributed by atoms with Crippen LogP contribution in [0.4, 0.5) is 0 Å². The van der Waals surface area contributed by atoms with Crippen LogP contribution >= 0.6 is 11.3 Å². The molecule has 0 saturated heterocycles. The molecular formula is C46H28N4S. The highest BCUT2D eigenvalue weighted by Gasteiger charge is 2.27. The van der Waals surface area contributed by atoms with E-state index in [9.17, 15) is 0 Å². The van der Waals surface area contributed by atoms with E-state index >= 15 is 0 Å². The Hall–Kier alpha value is -6.56. The summed E-state index contributed by atoms with van der Waals surface area (Å²) in [6, 6.07) is 57.0. The maximum Gasteiger partial charge on any atom is 0.127 e. The van der Waals surface area contributed by atoms with Gasteiger partial charge in [0.1, 0.15) is 11.2 Å². The van der Waals surface area contributed by atoms with Gasteiger partial charge in [-0.05, 0) is 64.7 Å². The van der Waals surface area contributed by atoms with E-state index in [-0.39, 0.29) is 0 Å². The van der Waals surface area contributed by atoms with E-state index in [1.165, 1.54) is 76.0 Å². The summed E-state index contributed by atoms with van der Waals surface area (Å²) in [4.78, 5) is 10.4. The lowest BCUT2D eigenvalue weighted by Gasteiger charge is -2.15. The average molecular weight is 669 g/mol. The predicted molar refractivity (Wildman–Crippen MR) is 214 cm³/mol. The highest BCUT2D eigenvalue weighted by Crippen LogP contribution is 2.51. The molecule has 0 aliphatic heterocycles. The standard InChI is InChI=1S/C46H28N4S/c1-4-14-29(15-5-1)31-24-32(30-16-6-2-7-17-30)26-34(25-31)50-39-23-13-11-21-36(39)41-43(50)40-35-20-10-12-22-38(35)49(33-18-8-3-9-19-33)44(40)42-37-27-47-28-48-46(37)51-45(41)42/h1-28H. The van der Waals surface area contributed by atoms with Gasteiger partial charge < -0.3 is 9.13 Å². The molecule has 11 rings (SSSR count). The smallest absolute Gasteiger partial charge is 0.127 e. The van der Waals surface area contributed by atoms with Crippen LogP contribution in [0.5, 0.6) is 0 Å². The number of rotatable bonds is 4. The molecule has 0 radical (unpaired) electrons. The minimum atomic E-state index is 0.993. The molecule has 238 valence electrons. The maximum absolute atomic E-state index is 4.82. The van der Waals surface area contributed by atoms with Crippen LogP contribution in [0.15, 0.2) is 170 Å². The van der Waals surface area contributed by atoms with Crippen LogP contribution in [0, 0.1) is 0 Å². The highest BCUT2D eigenvalue weighted by molar-refractivity contribution is 7.26. The molecule has 4 heterocycles. The lowest BCUT2D eigenvalue weighted by Crippen LogP contribution is -1.97. The van der Waals surface area contributed by atoms with Gasteiger partial charge in [-0.3, -0.25) is 0 Å². The number of aromatic nitrogens is 4. The van der Waals surface area contributed by atoms with Crippen molar-refractivity contribution in [1.82, 2.24) is 19.1 Å². The largest absolute Gasteiger partial charge is 0.308 e. The first-order valence-electron chi connectivity index (χ1n) is 17.2. The van der Waals surface area contributed by atoms with Gasteiger partial charge in [-0.25, -0.2) is 9.97 Å². The van der Waals surface area contributed by atoms with Gasteiger partial charge in [0.25, 0.3) is 0 Å². The van der Waals surface area contributed by atoms with Crippen molar-refractivity contribution < 1.29 is 0 Å². The van der Waals surface area contributed by atoms with Crippen molar-refractivity contribution >= 4 is 75.3 Å². The molecule has 0 saturated carbocycles. The minimum Gasteiger partial charge on any atom is -0.308 e. The zero-order valence-corrected chi connectivity index (χ0v) is 28.2. The lowest BCUT2D eigenvalue weighted by atomic mass is 9.98. The maximum atomic E-state index is 4.82. The van der Waals surface area contributed by atoms with Crippen molar-refractivity contribution in [2.24, 2.45) is 0 Å². The molecule has 0 unspecified atom stereocenters. The monoisotopic (exact) mass is 668 g/mol. The summed E-state index contributed by atoms with van der Waals surface area (Å²) >= 11 is 1.77. The Morgan fingerprint density at radius 1 is 0.431 bits per heavy atom. The molecule has 0 aliphatic rings. The summed E-state index contributed by atoms with van der Waals surface area (Å²) in [6.45, 7) is 0. The fraction of sp³-hybridized carbons (Fsp3) is 0.